The molecule has 0 spiro atoms. The lowest BCUT2D eigenvalue weighted by Crippen LogP contribution is -2.40. The number of nitrogens with one attached hydrogen (secondary N) is 1. The number of thiazole rings is 1. The highest BCUT2D eigenvalue weighted by Gasteiger charge is 2.37. The topological polar surface area (TPSA) is 127 Å². The maximum Gasteiger partial charge on any atom is 0.274 e. The Bertz CT molecular complexity index is 1640. The van der Waals surface area contributed by atoms with Crippen LogP contribution in [0.25, 0.3) is 17.5 Å². The van der Waals surface area contributed by atoms with Gasteiger partial charge in [-0.05, 0) is 48.5 Å². The van der Waals surface area contributed by atoms with Crippen LogP contribution in [0, 0.1) is 11.3 Å². The number of nitrogens with zero attached hydrogens (tertiary/aromatic N) is 2. The summed E-state index contributed by atoms with van der Waals surface area (Å²) in [7, 11) is 0. The van der Waals surface area contributed by atoms with E-state index >= 15 is 0 Å². The summed E-state index contributed by atoms with van der Waals surface area (Å²) in [5.74, 6) is -0.647. The largest absolute Gasteiger partial charge is 0.468 e. The number of carbonyl (C=O) groups excluding carboxylic acids is 1. The molecular formula is C24H15ClN4O4S. The van der Waals surface area contributed by atoms with Gasteiger partial charge in [-0.25, -0.2) is 0 Å². The van der Waals surface area contributed by atoms with E-state index < -0.39 is 17.4 Å². The summed E-state index contributed by atoms with van der Waals surface area (Å²) in [4.78, 5) is 26.9. The Hall–Kier alpha value is -4.26. The summed E-state index contributed by atoms with van der Waals surface area (Å²) in [5.41, 5.74) is 6.54. The molecule has 1 atom stereocenters. The molecule has 4 aromatic rings. The molecule has 1 unspecified atom stereocenters. The first-order valence-corrected chi connectivity index (χ1v) is 11.2. The number of nitrogens with two attached hydrogens (primary N) is 1. The Kier molecular flexibility index (Phi) is 5.45. The maximum absolute atomic E-state index is 13.6. The van der Waals surface area contributed by atoms with Crippen molar-refractivity contribution in [1.82, 2.24) is 4.57 Å². The van der Waals surface area contributed by atoms with E-state index in [1.54, 1.807) is 54.6 Å². The van der Waals surface area contributed by atoms with Crippen LogP contribution in [0.4, 0.5) is 5.69 Å². The van der Waals surface area contributed by atoms with E-state index in [0.29, 0.717) is 31.4 Å². The zero-order valence-corrected chi connectivity index (χ0v) is 18.9. The number of aromatic nitrogens is 1. The van der Waals surface area contributed by atoms with Crippen molar-refractivity contribution in [1.29, 1.82) is 5.26 Å². The third kappa shape index (κ3) is 3.65. The summed E-state index contributed by atoms with van der Waals surface area (Å²) in [6.45, 7) is 0. The summed E-state index contributed by atoms with van der Waals surface area (Å²) in [6, 6.07) is 15.4. The van der Waals surface area contributed by atoms with Crippen LogP contribution in [-0.4, -0.2) is 10.5 Å². The molecule has 0 radical (unpaired) electrons. The van der Waals surface area contributed by atoms with Gasteiger partial charge in [-0.2, -0.15) is 5.26 Å². The molecule has 0 saturated heterocycles. The third-order valence-electron chi connectivity index (χ3n) is 5.26. The van der Waals surface area contributed by atoms with E-state index in [4.69, 9.17) is 26.2 Å². The SMILES string of the molecule is N#CC1=C(N)n2c(s/c(=C\c3ccco3)c2=O)=C(C(=O)Nc2ccc(Cl)cc2)C1c1ccco1. The van der Waals surface area contributed by atoms with Gasteiger partial charge in [0.05, 0.1) is 40.2 Å². The predicted octanol–water partition coefficient (Wildman–Crippen LogP) is 2.82. The van der Waals surface area contributed by atoms with Gasteiger partial charge in [0, 0.05) is 16.8 Å². The van der Waals surface area contributed by atoms with Gasteiger partial charge in [-0.15, -0.1) is 11.3 Å². The van der Waals surface area contributed by atoms with Crippen molar-refractivity contribution in [2.24, 2.45) is 5.73 Å². The Morgan fingerprint density at radius 3 is 2.56 bits per heavy atom. The van der Waals surface area contributed by atoms with Crippen molar-refractivity contribution >= 4 is 52.0 Å². The van der Waals surface area contributed by atoms with Crippen molar-refractivity contribution in [3.05, 3.63) is 103 Å². The highest BCUT2D eigenvalue weighted by atomic mass is 35.5. The lowest BCUT2D eigenvalue weighted by Gasteiger charge is -2.23. The summed E-state index contributed by atoms with van der Waals surface area (Å²) in [5, 5.41) is 13.3. The first kappa shape index (κ1) is 21.6. The zero-order valence-electron chi connectivity index (χ0n) is 17.3. The average molecular weight is 491 g/mol. The molecule has 3 N–H and O–H groups in total. The van der Waals surface area contributed by atoms with Crippen molar-refractivity contribution in [2.75, 3.05) is 5.32 Å². The summed E-state index contributed by atoms with van der Waals surface area (Å²) >= 11 is 7.03. The van der Waals surface area contributed by atoms with E-state index in [1.165, 1.54) is 17.1 Å². The van der Waals surface area contributed by atoms with Gasteiger partial charge < -0.3 is 19.9 Å². The highest BCUT2D eigenvalue weighted by molar-refractivity contribution is 7.07. The lowest BCUT2D eigenvalue weighted by molar-refractivity contribution is -0.111. The lowest BCUT2D eigenvalue weighted by atomic mass is 9.87. The summed E-state index contributed by atoms with van der Waals surface area (Å²) < 4.78 is 12.7. The minimum Gasteiger partial charge on any atom is -0.468 e. The minimum atomic E-state index is -0.901. The van der Waals surface area contributed by atoms with Crippen LogP contribution >= 0.6 is 22.9 Å². The number of benzene rings is 1. The van der Waals surface area contributed by atoms with Crippen molar-refractivity contribution in [3.63, 3.8) is 0 Å². The molecule has 0 saturated carbocycles. The fraction of sp³-hybridized carbons (Fsp3) is 0.0417. The standard InChI is InChI=1S/C24H15ClN4O4S/c25-13-5-7-14(8-6-13)28-22(30)20-19(17-4-2-10-33-17)16(12-26)21(27)29-23(31)18(34-24(20)29)11-15-3-1-9-32-15/h1-11,19H,27H2,(H,28,30)/b18-11-. The molecule has 1 aromatic carbocycles. The van der Waals surface area contributed by atoms with E-state index in [0.717, 1.165) is 11.3 Å². The average Bonchev–Trinajstić information content (AvgIpc) is 3.58. The molecular weight excluding hydrogens is 476 g/mol. The highest BCUT2D eigenvalue weighted by Crippen LogP contribution is 2.36. The van der Waals surface area contributed by atoms with Crippen molar-refractivity contribution in [3.8, 4) is 6.07 Å². The number of hydrogen-bond acceptors (Lipinski definition) is 7. The summed E-state index contributed by atoms with van der Waals surface area (Å²) in [6.07, 6.45) is 4.50. The Morgan fingerprint density at radius 2 is 1.91 bits per heavy atom. The number of anilines is 1. The number of halogens is 1. The second-order valence-corrected chi connectivity index (χ2v) is 8.77. The molecule has 3 aromatic heterocycles. The number of amides is 1. The van der Waals surface area contributed by atoms with Crippen LogP contribution in [0.15, 0.2) is 80.3 Å². The Balaban J connectivity index is 1.79. The molecule has 8 nitrogen and oxygen atoms in total. The van der Waals surface area contributed by atoms with Gasteiger partial charge in [0.1, 0.15) is 22.0 Å². The molecule has 1 amide bonds. The second-order valence-electron chi connectivity index (χ2n) is 7.31. The van der Waals surface area contributed by atoms with Gasteiger partial charge >= 0.3 is 0 Å². The fourth-order valence-corrected chi connectivity index (χ4v) is 5.02. The molecule has 4 heterocycles. The number of allylic oxidation sites excluding steroid dienone is 1. The molecule has 1 aliphatic heterocycles. The van der Waals surface area contributed by atoms with Crippen molar-refractivity contribution in [2.45, 2.75) is 5.92 Å². The molecule has 168 valence electrons. The Labute approximate surface area is 201 Å². The van der Waals surface area contributed by atoms with Crippen LogP contribution in [-0.2, 0) is 4.79 Å². The Morgan fingerprint density at radius 1 is 1.18 bits per heavy atom. The predicted molar refractivity (Wildman–Crippen MR) is 128 cm³/mol. The van der Waals surface area contributed by atoms with Gasteiger partial charge in [0.15, 0.2) is 0 Å². The first-order chi connectivity index (χ1) is 16.5. The monoisotopic (exact) mass is 490 g/mol. The van der Waals surface area contributed by atoms with Crippen LogP contribution in [0.3, 0.4) is 0 Å². The van der Waals surface area contributed by atoms with Crippen molar-refractivity contribution < 1.29 is 13.6 Å². The maximum atomic E-state index is 13.6. The van der Waals surface area contributed by atoms with Crippen LogP contribution in [0.1, 0.15) is 17.4 Å². The normalized spacial score (nSPS) is 15.8. The van der Waals surface area contributed by atoms with E-state index in [9.17, 15) is 14.9 Å². The molecule has 10 heteroatoms. The van der Waals surface area contributed by atoms with E-state index in [2.05, 4.69) is 11.4 Å². The van der Waals surface area contributed by atoms with Crippen LogP contribution in [0.2, 0.25) is 5.02 Å². The van der Waals surface area contributed by atoms with Crippen LogP contribution in [0.5, 0.6) is 0 Å². The molecule has 0 aliphatic carbocycles. The number of fused-ring (bicyclic) bond motifs is 1. The molecule has 34 heavy (non-hydrogen) atoms. The number of carbonyl (C=O) groups is 1. The molecule has 1 aliphatic rings. The van der Waals surface area contributed by atoms with Gasteiger partial charge in [-0.1, -0.05) is 11.6 Å². The van der Waals surface area contributed by atoms with Gasteiger partial charge in [-0.3, -0.25) is 14.2 Å². The minimum absolute atomic E-state index is 0.0353. The molecule has 0 bridgehead atoms. The molecule has 5 rings (SSSR count). The van der Waals surface area contributed by atoms with Gasteiger partial charge in [0.25, 0.3) is 11.5 Å². The van der Waals surface area contributed by atoms with E-state index in [-0.39, 0.29) is 17.0 Å². The second kappa shape index (κ2) is 8.59. The molecule has 0 fully saturated rings. The smallest absolute Gasteiger partial charge is 0.274 e. The number of hydrogen-bond donors (Lipinski definition) is 2. The number of furan rings is 2. The fourth-order valence-electron chi connectivity index (χ4n) is 3.74. The van der Waals surface area contributed by atoms with Crippen LogP contribution < -0.4 is 25.8 Å². The van der Waals surface area contributed by atoms with E-state index in [1.807, 2.05) is 0 Å². The zero-order chi connectivity index (χ0) is 23.8. The first-order valence-electron chi connectivity index (χ1n) is 9.99. The van der Waals surface area contributed by atoms with Gasteiger partial charge in [0.2, 0.25) is 0 Å². The number of nitriles is 1. The quantitative estimate of drug-likeness (QED) is 0.453. The third-order valence-corrected chi connectivity index (χ3v) is 6.62. The number of rotatable bonds is 4.